The van der Waals surface area contributed by atoms with E-state index in [4.69, 9.17) is 28.4 Å². The summed E-state index contributed by atoms with van der Waals surface area (Å²) >= 11 is 0. The summed E-state index contributed by atoms with van der Waals surface area (Å²) in [5, 5.41) is 71.8. The topological polar surface area (TPSA) is 214 Å². The van der Waals surface area contributed by atoms with Gasteiger partial charge >= 0.3 is 5.97 Å². The summed E-state index contributed by atoms with van der Waals surface area (Å²) in [5.74, 6) is -0.505. The first-order valence-corrected chi connectivity index (χ1v) is 22.4. The molecule has 346 valence electrons. The molecule has 14 heteroatoms. The molecule has 2 aliphatic heterocycles. The first-order valence-electron chi connectivity index (χ1n) is 22.4. The van der Waals surface area contributed by atoms with Crippen molar-refractivity contribution in [2.45, 2.75) is 191 Å². The molecule has 0 spiro atoms. The van der Waals surface area contributed by atoms with E-state index in [2.05, 4.69) is 56.4 Å². The maximum absolute atomic E-state index is 12.9. The highest BCUT2D eigenvalue weighted by atomic mass is 16.7. The number of hydrogen-bond donors (Lipinski definition) is 7. The summed E-state index contributed by atoms with van der Waals surface area (Å²) in [6, 6.07) is 0. The molecule has 60 heavy (non-hydrogen) atoms. The van der Waals surface area contributed by atoms with Crippen LogP contribution in [0, 0.1) is 0 Å². The molecule has 2 aliphatic rings. The Labute approximate surface area is 358 Å². The van der Waals surface area contributed by atoms with Crippen LogP contribution in [0.1, 0.15) is 123 Å². The molecule has 11 unspecified atom stereocenters. The Bertz CT molecular complexity index is 1220. The summed E-state index contributed by atoms with van der Waals surface area (Å²) in [4.78, 5) is 12.9. The van der Waals surface area contributed by atoms with E-state index in [0.29, 0.717) is 13.0 Å². The third kappa shape index (κ3) is 22.7. The molecule has 0 radical (unpaired) electrons. The van der Waals surface area contributed by atoms with Crippen molar-refractivity contribution in [2.75, 3.05) is 33.0 Å². The number of ether oxygens (including phenoxy) is 6. The lowest BCUT2D eigenvalue weighted by molar-refractivity contribution is -0.332. The van der Waals surface area contributed by atoms with Crippen molar-refractivity contribution >= 4 is 5.97 Å². The summed E-state index contributed by atoms with van der Waals surface area (Å²) in [6.45, 7) is 3.41. The van der Waals surface area contributed by atoms with Gasteiger partial charge in [-0.3, -0.25) is 4.79 Å². The maximum atomic E-state index is 12.9. The number of rotatable bonds is 33. The molecule has 2 saturated heterocycles. The molecule has 0 amide bonds. The van der Waals surface area contributed by atoms with Crippen LogP contribution in [-0.4, -0.2) is 142 Å². The Balaban J connectivity index is 1.87. The molecule has 2 fully saturated rings. The van der Waals surface area contributed by atoms with Crippen LogP contribution in [0.25, 0.3) is 0 Å². The molecule has 14 nitrogen and oxygen atoms in total. The molecular formula is C46H78O14. The quantitative estimate of drug-likeness (QED) is 0.0263. The minimum Gasteiger partial charge on any atom is -0.457 e. The highest BCUT2D eigenvalue weighted by molar-refractivity contribution is 5.71. The number of esters is 1. The van der Waals surface area contributed by atoms with Gasteiger partial charge in [-0.2, -0.15) is 0 Å². The summed E-state index contributed by atoms with van der Waals surface area (Å²) in [7, 11) is 0. The van der Waals surface area contributed by atoms with Crippen molar-refractivity contribution < 1.29 is 69.0 Å². The third-order valence-corrected chi connectivity index (χ3v) is 10.3. The molecule has 0 aromatic heterocycles. The standard InChI is InChI=1S/C46H78O14/c1-3-5-7-9-11-13-15-16-17-18-19-21-23-25-27-29-38(48)58-35(32-55-30-28-26-24-22-20-14-12-10-8-6-4-2)33-56-45-44(54)42(52)40(50)37(60-45)34-57-46-43(53)41(51)39(49)36(31-47)59-46/h5,7,11,13,16-17,19,21,25,27,35-37,39-47,49-54H,3-4,6,8-10,12,14-15,18,20,22-24,26,28-34H2,1-2H3/b7-5-,13-11-,17-16-,21-19-,27-25-. The van der Waals surface area contributed by atoms with E-state index in [9.17, 15) is 40.5 Å². The van der Waals surface area contributed by atoms with Crippen LogP contribution in [0.3, 0.4) is 0 Å². The van der Waals surface area contributed by atoms with Gasteiger partial charge in [0, 0.05) is 6.61 Å². The molecule has 0 aromatic rings. The van der Waals surface area contributed by atoms with Gasteiger partial charge < -0.3 is 64.2 Å². The van der Waals surface area contributed by atoms with Crippen molar-refractivity contribution in [3.63, 3.8) is 0 Å². The zero-order valence-corrected chi connectivity index (χ0v) is 36.2. The highest BCUT2D eigenvalue weighted by Crippen LogP contribution is 2.26. The molecular weight excluding hydrogens is 776 g/mol. The van der Waals surface area contributed by atoms with Crippen LogP contribution in [0.15, 0.2) is 60.8 Å². The molecule has 2 heterocycles. The van der Waals surface area contributed by atoms with Gasteiger partial charge in [-0.15, -0.1) is 0 Å². The molecule has 0 aliphatic carbocycles. The average molecular weight is 855 g/mol. The van der Waals surface area contributed by atoms with E-state index in [1.165, 1.54) is 51.4 Å². The van der Waals surface area contributed by atoms with Crippen molar-refractivity contribution in [1.82, 2.24) is 0 Å². The third-order valence-electron chi connectivity index (χ3n) is 10.3. The van der Waals surface area contributed by atoms with Crippen molar-refractivity contribution in [2.24, 2.45) is 0 Å². The lowest BCUT2D eigenvalue weighted by Gasteiger charge is -2.42. The second-order valence-electron chi connectivity index (χ2n) is 15.5. The largest absolute Gasteiger partial charge is 0.457 e. The summed E-state index contributed by atoms with van der Waals surface area (Å²) in [5.41, 5.74) is 0. The number of allylic oxidation sites excluding steroid dienone is 9. The van der Waals surface area contributed by atoms with Crippen LogP contribution in [0.4, 0.5) is 0 Å². The van der Waals surface area contributed by atoms with Crippen LogP contribution >= 0.6 is 0 Å². The van der Waals surface area contributed by atoms with Crippen molar-refractivity contribution in [3.8, 4) is 0 Å². The predicted octanol–water partition coefficient (Wildman–Crippen LogP) is 5.01. The second kappa shape index (κ2) is 34.2. The van der Waals surface area contributed by atoms with Crippen LogP contribution < -0.4 is 0 Å². The molecule has 11 atom stereocenters. The van der Waals surface area contributed by atoms with Gasteiger partial charge in [0.05, 0.1) is 32.8 Å². The lowest BCUT2D eigenvalue weighted by atomic mass is 9.98. The average Bonchev–Trinajstić information content (AvgIpc) is 3.24. The van der Waals surface area contributed by atoms with E-state index >= 15 is 0 Å². The Kier molecular flexibility index (Phi) is 30.7. The zero-order chi connectivity index (χ0) is 43.8. The van der Waals surface area contributed by atoms with Crippen LogP contribution in [-0.2, 0) is 33.2 Å². The Morgan fingerprint density at radius 3 is 1.55 bits per heavy atom. The molecule has 0 aromatic carbocycles. The van der Waals surface area contributed by atoms with E-state index in [1.54, 1.807) is 6.08 Å². The predicted molar refractivity (Wildman–Crippen MR) is 229 cm³/mol. The van der Waals surface area contributed by atoms with E-state index < -0.39 is 86.7 Å². The van der Waals surface area contributed by atoms with Gasteiger partial charge in [-0.25, -0.2) is 0 Å². The fraction of sp³-hybridized carbons (Fsp3) is 0.761. The van der Waals surface area contributed by atoms with Gasteiger partial charge in [-0.05, 0) is 38.5 Å². The van der Waals surface area contributed by atoms with Gasteiger partial charge in [0.15, 0.2) is 12.6 Å². The number of carbonyl (C=O) groups excluding carboxylic acids is 1. The summed E-state index contributed by atoms with van der Waals surface area (Å²) in [6.07, 6.45) is 21.8. The fourth-order valence-electron chi connectivity index (χ4n) is 6.65. The number of aliphatic hydroxyl groups excluding tert-OH is 7. The number of unbranched alkanes of at least 4 members (excludes halogenated alkanes) is 10. The minimum atomic E-state index is -1.72. The van der Waals surface area contributed by atoms with E-state index in [-0.39, 0.29) is 19.6 Å². The van der Waals surface area contributed by atoms with E-state index in [0.717, 1.165) is 44.9 Å². The highest BCUT2D eigenvalue weighted by Gasteiger charge is 2.47. The lowest BCUT2D eigenvalue weighted by Crippen LogP contribution is -2.61. The normalized spacial score (nSPS) is 28.3. The van der Waals surface area contributed by atoms with Gasteiger partial charge in [0.1, 0.15) is 54.9 Å². The molecule has 7 N–H and O–H groups in total. The number of aliphatic hydroxyl groups is 7. The molecule has 2 rings (SSSR count). The Morgan fingerprint density at radius 2 is 1.02 bits per heavy atom. The summed E-state index contributed by atoms with van der Waals surface area (Å²) < 4.78 is 34.0. The smallest absolute Gasteiger partial charge is 0.310 e. The Morgan fingerprint density at radius 1 is 0.550 bits per heavy atom. The first-order chi connectivity index (χ1) is 29.1. The van der Waals surface area contributed by atoms with Crippen LogP contribution in [0.5, 0.6) is 0 Å². The van der Waals surface area contributed by atoms with E-state index in [1.807, 2.05) is 12.2 Å². The van der Waals surface area contributed by atoms with Crippen molar-refractivity contribution in [1.29, 1.82) is 0 Å². The maximum Gasteiger partial charge on any atom is 0.310 e. The SMILES string of the molecule is CC/C=C\C/C=C\C/C=C\C/C=C\C/C=C\CC(=O)OC(COCCCCCCCCCCCCC)COC1OC(COC2OC(CO)C(O)C(O)C2O)C(O)C(O)C1O. The minimum absolute atomic E-state index is 0.0206. The van der Waals surface area contributed by atoms with Gasteiger partial charge in [0.2, 0.25) is 0 Å². The van der Waals surface area contributed by atoms with Gasteiger partial charge in [-0.1, -0.05) is 139 Å². The fourth-order valence-corrected chi connectivity index (χ4v) is 6.65. The van der Waals surface area contributed by atoms with Crippen molar-refractivity contribution in [3.05, 3.63) is 60.8 Å². The molecule has 0 bridgehead atoms. The zero-order valence-electron chi connectivity index (χ0n) is 36.2. The van der Waals surface area contributed by atoms with Gasteiger partial charge in [0.25, 0.3) is 0 Å². The molecule has 0 saturated carbocycles. The number of hydrogen-bond acceptors (Lipinski definition) is 14. The van der Waals surface area contributed by atoms with Crippen LogP contribution in [0.2, 0.25) is 0 Å². The monoisotopic (exact) mass is 855 g/mol. The second-order valence-corrected chi connectivity index (χ2v) is 15.5. The Hall–Kier alpha value is -2.31. The first kappa shape index (κ1) is 53.8. The number of carbonyl (C=O) groups is 1.